The predicted molar refractivity (Wildman–Crippen MR) is 131 cm³/mol. The summed E-state index contributed by atoms with van der Waals surface area (Å²) in [5, 5.41) is 12.6. The number of ether oxygens (including phenoxy) is 1. The fourth-order valence-electron chi connectivity index (χ4n) is 4.18. The number of aromatic amines is 1. The summed E-state index contributed by atoms with van der Waals surface area (Å²) in [6.07, 6.45) is 3.61. The molecule has 1 aromatic carbocycles. The third-order valence-electron chi connectivity index (χ3n) is 5.69. The second-order valence-corrected chi connectivity index (χ2v) is 8.89. The normalized spacial score (nSPS) is 19.7. The number of fused-ring (bicyclic) bond motifs is 1. The molecule has 2 aromatic heterocycles. The van der Waals surface area contributed by atoms with Crippen molar-refractivity contribution < 1.29 is 9.53 Å². The Morgan fingerprint density at radius 1 is 1.24 bits per heavy atom. The van der Waals surface area contributed by atoms with Gasteiger partial charge in [-0.15, -0.1) is 11.3 Å². The van der Waals surface area contributed by atoms with Crippen molar-refractivity contribution in [2.75, 3.05) is 6.61 Å². The zero-order chi connectivity index (χ0) is 22.9. The van der Waals surface area contributed by atoms with Crippen molar-refractivity contribution in [3.05, 3.63) is 47.5 Å². The first-order chi connectivity index (χ1) is 16.1. The maximum absolute atomic E-state index is 13.0. The van der Waals surface area contributed by atoms with Gasteiger partial charge < -0.3 is 15.0 Å². The molecule has 0 bridgehead atoms. The van der Waals surface area contributed by atoms with E-state index in [9.17, 15) is 4.79 Å². The summed E-state index contributed by atoms with van der Waals surface area (Å²) in [6.45, 7) is 6.50. The first-order valence-electron chi connectivity index (χ1n) is 11.2. The molecule has 3 aromatic rings. The van der Waals surface area contributed by atoms with Gasteiger partial charge in [-0.1, -0.05) is 6.92 Å². The Hall–Kier alpha value is -3.46. The molecule has 1 amide bonds. The molecule has 170 valence electrons. The molecular formula is C24H26N6O2S. The number of nitrogens with zero attached hydrogens (tertiary/aromatic N) is 4. The molecule has 0 spiro atoms. The minimum Gasteiger partial charge on any atom is -0.493 e. The van der Waals surface area contributed by atoms with Crippen LogP contribution in [0.3, 0.4) is 0 Å². The van der Waals surface area contributed by atoms with Crippen molar-refractivity contribution in [2.45, 2.75) is 45.7 Å². The van der Waals surface area contributed by atoms with Crippen LogP contribution in [-0.2, 0) is 4.79 Å². The highest BCUT2D eigenvalue weighted by atomic mass is 32.1. The van der Waals surface area contributed by atoms with Gasteiger partial charge in [0.1, 0.15) is 16.6 Å². The van der Waals surface area contributed by atoms with Gasteiger partial charge in [0.2, 0.25) is 0 Å². The zero-order valence-electron chi connectivity index (χ0n) is 18.8. The molecule has 2 atom stereocenters. The van der Waals surface area contributed by atoms with E-state index in [1.165, 1.54) is 0 Å². The number of nitrogens with one attached hydrogen (secondary N) is 2. The van der Waals surface area contributed by atoms with Crippen LogP contribution < -0.4 is 10.1 Å². The summed E-state index contributed by atoms with van der Waals surface area (Å²) in [4.78, 5) is 25.7. The lowest BCUT2D eigenvalue weighted by Gasteiger charge is -2.30. The highest BCUT2D eigenvalue weighted by Gasteiger charge is 2.42. The quantitative estimate of drug-likeness (QED) is 0.548. The lowest BCUT2D eigenvalue weighted by Crippen LogP contribution is -2.54. The minimum atomic E-state index is -0.407. The largest absolute Gasteiger partial charge is 0.493 e. The maximum atomic E-state index is 13.0. The Morgan fingerprint density at radius 3 is 2.88 bits per heavy atom. The highest BCUT2D eigenvalue weighted by molar-refractivity contribution is 7.13. The molecule has 0 saturated heterocycles. The molecule has 0 radical (unpaired) electrons. The first kappa shape index (κ1) is 21.4. The summed E-state index contributed by atoms with van der Waals surface area (Å²) in [7, 11) is 0. The van der Waals surface area contributed by atoms with Gasteiger partial charge in [0.05, 0.1) is 29.6 Å². The van der Waals surface area contributed by atoms with Crippen LogP contribution in [0.1, 0.15) is 39.2 Å². The summed E-state index contributed by atoms with van der Waals surface area (Å²) >= 11 is 1.58. The summed E-state index contributed by atoms with van der Waals surface area (Å²) in [5.74, 6) is 1.89. The van der Waals surface area contributed by atoms with Crippen LogP contribution in [-0.4, -0.2) is 51.2 Å². The number of hydrazone groups is 1. The summed E-state index contributed by atoms with van der Waals surface area (Å²) < 4.78 is 5.88. The standard InChI is InChI=1S/C24H26N6O2S/c1-4-7-20-26-14(3)21-23(31)28-22(29-30(20)21)16-12-15(9-10-19(16)32-5-2)18-13-33-24(27-18)17-8-6-11-25-17/h6,8-14,21,25H,4-5,7H2,1-3H3,(H,28,29,31). The molecule has 5 rings (SSSR count). The number of thiazole rings is 1. The number of H-pyrrole nitrogens is 1. The molecule has 2 N–H and O–H groups in total. The van der Waals surface area contributed by atoms with E-state index in [1.807, 2.05) is 55.8 Å². The van der Waals surface area contributed by atoms with E-state index in [1.54, 1.807) is 16.3 Å². The van der Waals surface area contributed by atoms with Gasteiger partial charge in [-0.3, -0.25) is 9.79 Å². The molecule has 2 aliphatic heterocycles. The van der Waals surface area contributed by atoms with Crippen LogP contribution in [0.25, 0.3) is 22.0 Å². The average Bonchev–Trinajstić information content (AvgIpc) is 3.55. The van der Waals surface area contributed by atoms with Crippen molar-refractivity contribution in [1.29, 1.82) is 0 Å². The number of hydrogen-bond acceptors (Lipinski definition) is 7. The first-order valence-corrected chi connectivity index (χ1v) is 12.1. The van der Waals surface area contributed by atoms with Crippen molar-refractivity contribution >= 4 is 28.9 Å². The molecule has 33 heavy (non-hydrogen) atoms. The van der Waals surface area contributed by atoms with Crippen molar-refractivity contribution in [1.82, 2.24) is 20.3 Å². The zero-order valence-corrected chi connectivity index (χ0v) is 19.6. The molecule has 0 aliphatic carbocycles. The van der Waals surface area contributed by atoms with Gasteiger partial charge in [-0.2, -0.15) is 5.10 Å². The molecule has 2 aliphatic rings. The molecule has 0 saturated carbocycles. The highest BCUT2D eigenvalue weighted by Crippen LogP contribution is 2.32. The fourth-order valence-corrected chi connectivity index (χ4v) is 4.99. The monoisotopic (exact) mass is 462 g/mol. The number of rotatable bonds is 7. The molecule has 8 nitrogen and oxygen atoms in total. The van der Waals surface area contributed by atoms with Crippen molar-refractivity contribution in [3.63, 3.8) is 0 Å². The molecule has 4 heterocycles. The Balaban J connectivity index is 1.54. The number of aliphatic imine (C=N–C) groups is 1. The number of amides is 1. The second-order valence-electron chi connectivity index (χ2n) is 8.03. The van der Waals surface area contributed by atoms with Gasteiger partial charge >= 0.3 is 0 Å². The number of amidine groups is 2. The van der Waals surface area contributed by atoms with E-state index in [4.69, 9.17) is 14.8 Å². The minimum absolute atomic E-state index is 0.0992. The molecule has 2 unspecified atom stereocenters. The Labute approximate surface area is 196 Å². The maximum Gasteiger partial charge on any atom is 0.252 e. The number of carbonyl (C=O) groups excluding carboxylic acids is 1. The average molecular weight is 463 g/mol. The van der Waals surface area contributed by atoms with E-state index in [-0.39, 0.29) is 11.9 Å². The number of hydrogen-bond donors (Lipinski definition) is 2. The lowest BCUT2D eigenvalue weighted by molar-refractivity contribution is -0.124. The fraction of sp³-hybridized carbons (Fsp3) is 0.333. The third-order valence-corrected chi connectivity index (χ3v) is 6.57. The Kier molecular flexibility index (Phi) is 5.72. The van der Waals surface area contributed by atoms with Gasteiger partial charge in [0.25, 0.3) is 5.91 Å². The van der Waals surface area contributed by atoms with Crippen molar-refractivity contribution in [2.24, 2.45) is 10.1 Å². The van der Waals surface area contributed by atoms with Crippen molar-refractivity contribution in [3.8, 4) is 27.7 Å². The van der Waals surface area contributed by atoms with Gasteiger partial charge in [-0.25, -0.2) is 9.99 Å². The van der Waals surface area contributed by atoms with Crippen LogP contribution in [0.15, 0.2) is 52.0 Å². The Morgan fingerprint density at radius 2 is 2.12 bits per heavy atom. The molecule has 9 heteroatoms. The van der Waals surface area contributed by atoms with E-state index in [0.29, 0.717) is 18.2 Å². The van der Waals surface area contributed by atoms with E-state index in [2.05, 4.69) is 22.2 Å². The van der Waals surface area contributed by atoms with Crippen LogP contribution in [0.5, 0.6) is 5.75 Å². The van der Waals surface area contributed by atoms with E-state index in [0.717, 1.165) is 46.2 Å². The lowest BCUT2D eigenvalue weighted by atomic mass is 10.0. The Bertz CT molecular complexity index is 1230. The number of benzene rings is 1. The number of aromatic nitrogens is 2. The van der Waals surface area contributed by atoms with E-state index < -0.39 is 6.04 Å². The van der Waals surface area contributed by atoms with Gasteiger partial charge in [-0.05, 0) is 50.6 Å². The third kappa shape index (κ3) is 3.93. The van der Waals surface area contributed by atoms with Crippen LogP contribution in [0, 0.1) is 0 Å². The molecule has 0 fully saturated rings. The van der Waals surface area contributed by atoms with Crippen LogP contribution in [0.2, 0.25) is 0 Å². The van der Waals surface area contributed by atoms with Crippen LogP contribution >= 0.6 is 11.3 Å². The summed E-state index contributed by atoms with van der Waals surface area (Å²) in [6, 6.07) is 9.30. The van der Waals surface area contributed by atoms with E-state index >= 15 is 0 Å². The second kappa shape index (κ2) is 8.82. The van der Waals surface area contributed by atoms with Gasteiger partial charge in [0, 0.05) is 23.6 Å². The predicted octanol–water partition coefficient (Wildman–Crippen LogP) is 4.27. The smallest absolute Gasteiger partial charge is 0.252 e. The number of carbonyl (C=O) groups is 1. The topological polar surface area (TPSA) is 95.0 Å². The SMILES string of the molecule is CCCC1=NC(C)C2C(=O)NC(c3cc(-c4csc(-c5ccc[nH]5)n4)ccc3OCC)=NN12. The van der Waals surface area contributed by atoms with Crippen LogP contribution in [0.4, 0.5) is 0 Å². The molecular weight excluding hydrogens is 436 g/mol. The summed E-state index contributed by atoms with van der Waals surface area (Å²) in [5.41, 5.74) is 3.50. The van der Waals surface area contributed by atoms with Gasteiger partial charge in [0.15, 0.2) is 11.9 Å².